The van der Waals surface area contributed by atoms with Gasteiger partial charge >= 0.3 is 0 Å². The standard InChI is InChI=1S/C13H17ClN4/c1-18(2)9-5-8-15-13-11-7-4-3-6-10(11)12(14)16-17-13/h3-4,6-7H,5,8-9H2,1-2H3,(H,15,17). The maximum absolute atomic E-state index is 6.02. The van der Waals surface area contributed by atoms with Gasteiger partial charge in [-0.05, 0) is 27.1 Å². The van der Waals surface area contributed by atoms with Crippen LogP contribution in [0.25, 0.3) is 10.8 Å². The van der Waals surface area contributed by atoms with E-state index in [4.69, 9.17) is 11.6 Å². The van der Waals surface area contributed by atoms with Crippen LogP contribution in [0.5, 0.6) is 0 Å². The molecule has 5 heteroatoms. The lowest BCUT2D eigenvalue weighted by atomic mass is 10.2. The molecule has 0 aliphatic heterocycles. The number of rotatable bonds is 5. The zero-order valence-electron chi connectivity index (χ0n) is 10.7. The highest BCUT2D eigenvalue weighted by Crippen LogP contribution is 2.25. The van der Waals surface area contributed by atoms with Crippen molar-refractivity contribution in [3.8, 4) is 0 Å². The lowest BCUT2D eigenvalue weighted by Crippen LogP contribution is -2.16. The third kappa shape index (κ3) is 3.09. The molecule has 0 radical (unpaired) electrons. The molecule has 1 aromatic heterocycles. The van der Waals surface area contributed by atoms with Crippen LogP contribution in [-0.2, 0) is 0 Å². The Labute approximate surface area is 112 Å². The van der Waals surface area contributed by atoms with Crippen LogP contribution in [-0.4, -0.2) is 42.3 Å². The molecule has 0 atom stereocenters. The number of anilines is 1. The van der Waals surface area contributed by atoms with Crippen LogP contribution in [0.4, 0.5) is 5.82 Å². The Hall–Kier alpha value is -1.39. The molecule has 1 heterocycles. The monoisotopic (exact) mass is 264 g/mol. The molecule has 2 aromatic rings. The molecule has 4 nitrogen and oxygen atoms in total. The zero-order chi connectivity index (χ0) is 13.0. The predicted octanol–water partition coefficient (Wildman–Crippen LogP) is 2.65. The van der Waals surface area contributed by atoms with E-state index in [2.05, 4.69) is 34.5 Å². The van der Waals surface area contributed by atoms with Gasteiger partial charge in [0.15, 0.2) is 11.0 Å². The fraction of sp³-hybridized carbons (Fsp3) is 0.385. The summed E-state index contributed by atoms with van der Waals surface area (Å²) in [5.41, 5.74) is 0. The molecular formula is C13H17ClN4. The molecule has 0 bridgehead atoms. The highest BCUT2D eigenvalue weighted by atomic mass is 35.5. The zero-order valence-corrected chi connectivity index (χ0v) is 11.4. The number of hydrogen-bond acceptors (Lipinski definition) is 4. The van der Waals surface area contributed by atoms with Gasteiger partial charge in [-0.15, -0.1) is 10.2 Å². The Morgan fingerprint density at radius 3 is 2.61 bits per heavy atom. The minimum Gasteiger partial charge on any atom is -0.368 e. The number of nitrogens with zero attached hydrogens (tertiary/aromatic N) is 3. The first-order chi connectivity index (χ1) is 8.68. The molecule has 18 heavy (non-hydrogen) atoms. The van der Waals surface area contributed by atoms with Gasteiger partial charge in [-0.1, -0.05) is 35.9 Å². The van der Waals surface area contributed by atoms with Crippen molar-refractivity contribution in [1.82, 2.24) is 15.1 Å². The van der Waals surface area contributed by atoms with Crippen molar-refractivity contribution < 1.29 is 0 Å². The van der Waals surface area contributed by atoms with Gasteiger partial charge in [0.2, 0.25) is 0 Å². The summed E-state index contributed by atoms with van der Waals surface area (Å²) in [6.45, 7) is 1.92. The Morgan fingerprint density at radius 2 is 1.89 bits per heavy atom. The van der Waals surface area contributed by atoms with Crippen LogP contribution < -0.4 is 5.32 Å². The topological polar surface area (TPSA) is 41.0 Å². The fourth-order valence-electron chi connectivity index (χ4n) is 1.80. The Kier molecular flexibility index (Phi) is 4.33. The minimum atomic E-state index is 0.449. The third-order valence-electron chi connectivity index (χ3n) is 2.72. The number of nitrogens with one attached hydrogen (secondary N) is 1. The molecule has 1 N–H and O–H groups in total. The Bertz CT molecular complexity index is 527. The van der Waals surface area contributed by atoms with E-state index in [-0.39, 0.29) is 0 Å². The van der Waals surface area contributed by atoms with Crippen molar-refractivity contribution in [3.63, 3.8) is 0 Å². The van der Waals surface area contributed by atoms with E-state index in [1.165, 1.54) is 0 Å². The fourth-order valence-corrected chi connectivity index (χ4v) is 2.01. The van der Waals surface area contributed by atoms with Crippen molar-refractivity contribution in [2.75, 3.05) is 32.5 Å². The number of aromatic nitrogens is 2. The Balaban J connectivity index is 2.11. The maximum atomic E-state index is 6.02. The summed E-state index contributed by atoms with van der Waals surface area (Å²) in [5.74, 6) is 0.800. The smallest absolute Gasteiger partial charge is 0.159 e. The van der Waals surface area contributed by atoms with E-state index < -0.39 is 0 Å². The van der Waals surface area contributed by atoms with Gasteiger partial charge in [-0.2, -0.15) is 0 Å². The summed E-state index contributed by atoms with van der Waals surface area (Å²) in [4.78, 5) is 2.16. The summed E-state index contributed by atoms with van der Waals surface area (Å²) in [7, 11) is 4.13. The molecular weight excluding hydrogens is 248 g/mol. The van der Waals surface area contributed by atoms with Gasteiger partial charge in [0.05, 0.1) is 0 Å². The number of benzene rings is 1. The normalized spacial score (nSPS) is 11.1. The van der Waals surface area contributed by atoms with Crippen LogP contribution in [0, 0.1) is 0 Å². The summed E-state index contributed by atoms with van der Waals surface area (Å²) in [6, 6.07) is 7.89. The average molecular weight is 265 g/mol. The molecule has 0 fully saturated rings. The summed E-state index contributed by atoms with van der Waals surface area (Å²) in [6.07, 6.45) is 1.06. The first-order valence-corrected chi connectivity index (χ1v) is 6.36. The SMILES string of the molecule is CN(C)CCCNc1nnc(Cl)c2ccccc12. The number of halogens is 1. The highest BCUT2D eigenvalue weighted by Gasteiger charge is 2.06. The summed E-state index contributed by atoms with van der Waals surface area (Å²) < 4.78 is 0. The van der Waals surface area contributed by atoms with Crippen molar-refractivity contribution >= 4 is 28.2 Å². The molecule has 0 spiro atoms. The molecule has 0 saturated heterocycles. The molecule has 0 aliphatic rings. The lowest BCUT2D eigenvalue weighted by Gasteiger charge is -2.11. The predicted molar refractivity (Wildman–Crippen MR) is 76.2 cm³/mol. The van der Waals surface area contributed by atoms with E-state index in [0.29, 0.717) is 5.15 Å². The van der Waals surface area contributed by atoms with Crippen molar-refractivity contribution in [2.45, 2.75) is 6.42 Å². The van der Waals surface area contributed by atoms with Crippen molar-refractivity contribution in [1.29, 1.82) is 0 Å². The molecule has 0 saturated carbocycles. The highest BCUT2D eigenvalue weighted by molar-refractivity contribution is 6.34. The van der Waals surface area contributed by atoms with Gasteiger partial charge in [0.25, 0.3) is 0 Å². The van der Waals surface area contributed by atoms with Crippen LogP contribution in [0.1, 0.15) is 6.42 Å². The second-order valence-corrected chi connectivity index (χ2v) is 4.83. The summed E-state index contributed by atoms with van der Waals surface area (Å²) >= 11 is 6.02. The van der Waals surface area contributed by atoms with Gasteiger partial charge in [0.1, 0.15) is 0 Å². The first-order valence-electron chi connectivity index (χ1n) is 5.98. The van der Waals surface area contributed by atoms with E-state index in [1.807, 2.05) is 24.3 Å². The largest absolute Gasteiger partial charge is 0.368 e. The first kappa shape index (κ1) is 13.1. The van der Waals surface area contributed by atoms with Crippen molar-refractivity contribution in [3.05, 3.63) is 29.4 Å². The third-order valence-corrected chi connectivity index (χ3v) is 3.00. The second kappa shape index (κ2) is 5.98. The minimum absolute atomic E-state index is 0.449. The van der Waals surface area contributed by atoms with Crippen molar-refractivity contribution in [2.24, 2.45) is 0 Å². The van der Waals surface area contributed by atoms with Gasteiger partial charge < -0.3 is 10.2 Å². The lowest BCUT2D eigenvalue weighted by molar-refractivity contribution is 0.405. The van der Waals surface area contributed by atoms with Crippen LogP contribution in [0.2, 0.25) is 5.15 Å². The van der Waals surface area contributed by atoms with E-state index in [9.17, 15) is 0 Å². The molecule has 0 amide bonds. The maximum Gasteiger partial charge on any atom is 0.159 e. The van der Waals surface area contributed by atoms with E-state index in [0.717, 1.165) is 36.1 Å². The van der Waals surface area contributed by atoms with Crippen LogP contribution in [0.3, 0.4) is 0 Å². The molecule has 0 unspecified atom stereocenters. The van der Waals surface area contributed by atoms with E-state index >= 15 is 0 Å². The molecule has 1 aromatic carbocycles. The average Bonchev–Trinajstić information content (AvgIpc) is 2.37. The number of fused-ring (bicyclic) bond motifs is 1. The van der Waals surface area contributed by atoms with Gasteiger partial charge in [0, 0.05) is 17.3 Å². The van der Waals surface area contributed by atoms with Gasteiger partial charge in [-0.25, -0.2) is 0 Å². The number of hydrogen-bond donors (Lipinski definition) is 1. The molecule has 96 valence electrons. The van der Waals surface area contributed by atoms with Crippen LogP contribution in [0.15, 0.2) is 24.3 Å². The summed E-state index contributed by atoms with van der Waals surface area (Å²) in [5, 5.41) is 13.8. The van der Waals surface area contributed by atoms with Crippen LogP contribution >= 0.6 is 11.6 Å². The Morgan fingerprint density at radius 1 is 1.17 bits per heavy atom. The molecule has 0 aliphatic carbocycles. The quantitative estimate of drug-likeness (QED) is 0.843. The van der Waals surface area contributed by atoms with Gasteiger partial charge in [-0.3, -0.25) is 0 Å². The van der Waals surface area contributed by atoms with E-state index in [1.54, 1.807) is 0 Å². The second-order valence-electron chi connectivity index (χ2n) is 4.47. The molecule has 2 rings (SSSR count).